The lowest BCUT2D eigenvalue weighted by molar-refractivity contribution is -0.140. The first kappa shape index (κ1) is 18.4. The standard InChI is InChI=1S/C20H24N2O4S/c23-20(21-10-12-26-13-11-21)18-6-3-9-22(15-18)27(24,25)19-8-7-16-4-1-2-5-17(16)14-19/h1-2,4-5,7-8,14,18H,3,6,9-13,15H2. The minimum atomic E-state index is -3.61. The van der Waals surface area contributed by atoms with Gasteiger partial charge in [-0.1, -0.05) is 30.3 Å². The predicted molar refractivity (Wildman–Crippen MR) is 103 cm³/mol. The summed E-state index contributed by atoms with van der Waals surface area (Å²) in [5.74, 6) is -0.219. The summed E-state index contributed by atoms with van der Waals surface area (Å²) in [5.41, 5.74) is 0. The first-order chi connectivity index (χ1) is 13.1. The van der Waals surface area contributed by atoms with Crippen molar-refractivity contribution in [2.24, 2.45) is 5.92 Å². The third kappa shape index (κ3) is 3.72. The number of sulfonamides is 1. The van der Waals surface area contributed by atoms with E-state index in [9.17, 15) is 13.2 Å². The Kier molecular flexibility index (Phi) is 5.16. The smallest absolute Gasteiger partial charge is 0.243 e. The molecular formula is C20H24N2O4S. The minimum absolute atomic E-state index is 0.0525. The Morgan fingerprint density at radius 3 is 2.52 bits per heavy atom. The number of piperidine rings is 1. The van der Waals surface area contributed by atoms with Crippen molar-refractivity contribution in [1.29, 1.82) is 0 Å². The van der Waals surface area contributed by atoms with Gasteiger partial charge in [-0.15, -0.1) is 0 Å². The maximum absolute atomic E-state index is 13.2. The minimum Gasteiger partial charge on any atom is -0.378 e. The molecule has 0 radical (unpaired) electrons. The summed E-state index contributed by atoms with van der Waals surface area (Å²) in [6.45, 7) is 3.00. The van der Waals surface area contributed by atoms with E-state index in [0.29, 0.717) is 44.2 Å². The van der Waals surface area contributed by atoms with Crippen molar-refractivity contribution in [3.8, 4) is 0 Å². The Bertz CT molecular complexity index is 938. The fourth-order valence-corrected chi connectivity index (χ4v) is 5.44. The highest BCUT2D eigenvalue weighted by Gasteiger charge is 2.35. The van der Waals surface area contributed by atoms with Gasteiger partial charge in [0.15, 0.2) is 0 Å². The van der Waals surface area contributed by atoms with Gasteiger partial charge in [0.25, 0.3) is 0 Å². The maximum atomic E-state index is 13.2. The van der Waals surface area contributed by atoms with Gasteiger partial charge < -0.3 is 9.64 Å². The molecule has 2 aromatic rings. The van der Waals surface area contributed by atoms with Crippen LogP contribution in [0.4, 0.5) is 0 Å². The molecule has 144 valence electrons. The lowest BCUT2D eigenvalue weighted by Crippen LogP contribution is -2.49. The summed E-state index contributed by atoms with van der Waals surface area (Å²) in [6, 6.07) is 12.9. The number of ether oxygens (including phenoxy) is 1. The summed E-state index contributed by atoms with van der Waals surface area (Å²) in [6.07, 6.45) is 1.44. The van der Waals surface area contributed by atoms with Crippen molar-refractivity contribution in [2.45, 2.75) is 17.7 Å². The van der Waals surface area contributed by atoms with E-state index in [1.807, 2.05) is 30.3 Å². The highest BCUT2D eigenvalue weighted by Crippen LogP contribution is 2.27. The SMILES string of the molecule is O=C(C1CCCN(S(=O)(=O)c2ccc3ccccc3c2)C1)N1CCOCC1. The van der Waals surface area contributed by atoms with E-state index in [0.717, 1.165) is 17.2 Å². The largest absolute Gasteiger partial charge is 0.378 e. The van der Waals surface area contributed by atoms with Crippen LogP contribution >= 0.6 is 0 Å². The predicted octanol–water partition coefficient (Wildman–Crippen LogP) is 2.10. The monoisotopic (exact) mass is 388 g/mol. The summed E-state index contributed by atoms with van der Waals surface area (Å²) in [4.78, 5) is 14.9. The molecule has 2 heterocycles. The number of rotatable bonds is 3. The number of nitrogens with zero attached hydrogens (tertiary/aromatic N) is 2. The van der Waals surface area contributed by atoms with Gasteiger partial charge in [-0.25, -0.2) is 8.42 Å². The number of benzene rings is 2. The molecular weight excluding hydrogens is 364 g/mol. The highest BCUT2D eigenvalue weighted by atomic mass is 32.2. The van der Waals surface area contributed by atoms with Crippen LogP contribution in [0, 0.1) is 5.92 Å². The summed E-state index contributed by atoms with van der Waals surface area (Å²) in [7, 11) is -3.61. The Balaban J connectivity index is 1.54. The van der Waals surface area contributed by atoms with Gasteiger partial charge >= 0.3 is 0 Å². The molecule has 6 nitrogen and oxygen atoms in total. The molecule has 0 aromatic heterocycles. The fourth-order valence-electron chi connectivity index (χ4n) is 3.88. The molecule has 27 heavy (non-hydrogen) atoms. The van der Waals surface area contributed by atoms with Crippen LogP contribution < -0.4 is 0 Å². The number of morpholine rings is 1. The molecule has 0 saturated carbocycles. The molecule has 0 spiro atoms. The summed E-state index contributed by atoms with van der Waals surface area (Å²) >= 11 is 0. The zero-order valence-corrected chi connectivity index (χ0v) is 16.0. The molecule has 0 N–H and O–H groups in total. The zero-order valence-electron chi connectivity index (χ0n) is 15.2. The van der Waals surface area contributed by atoms with Crippen LogP contribution in [0.25, 0.3) is 10.8 Å². The molecule has 7 heteroatoms. The number of carbonyl (C=O) groups excluding carboxylic acids is 1. The van der Waals surface area contributed by atoms with Crippen molar-refractivity contribution >= 4 is 26.7 Å². The number of fused-ring (bicyclic) bond motifs is 1. The summed E-state index contributed by atoms with van der Waals surface area (Å²) < 4.78 is 33.1. The van der Waals surface area contributed by atoms with Gasteiger partial charge in [-0.05, 0) is 35.7 Å². The van der Waals surface area contributed by atoms with Gasteiger partial charge in [-0.2, -0.15) is 4.31 Å². The topological polar surface area (TPSA) is 66.9 Å². The second kappa shape index (κ2) is 7.58. The van der Waals surface area contributed by atoms with Crippen LogP contribution in [-0.4, -0.2) is 62.9 Å². The van der Waals surface area contributed by atoms with Crippen LogP contribution in [0.3, 0.4) is 0 Å². The number of amides is 1. The van der Waals surface area contributed by atoms with Crippen LogP contribution in [0.1, 0.15) is 12.8 Å². The Labute approximate surface area is 159 Å². The van der Waals surface area contributed by atoms with Gasteiger partial charge in [0.2, 0.25) is 15.9 Å². The molecule has 2 aliphatic heterocycles. The molecule has 0 aliphatic carbocycles. The van der Waals surface area contributed by atoms with E-state index in [-0.39, 0.29) is 18.4 Å². The Hall–Kier alpha value is -1.96. The average Bonchev–Trinajstić information content (AvgIpc) is 2.73. The maximum Gasteiger partial charge on any atom is 0.243 e. The Morgan fingerprint density at radius 1 is 1.00 bits per heavy atom. The average molecular weight is 388 g/mol. The van der Waals surface area contributed by atoms with Crippen LogP contribution in [0.15, 0.2) is 47.4 Å². The van der Waals surface area contributed by atoms with E-state index < -0.39 is 10.0 Å². The van der Waals surface area contributed by atoms with E-state index in [1.165, 1.54) is 4.31 Å². The third-order valence-corrected chi connectivity index (χ3v) is 7.28. The van der Waals surface area contributed by atoms with Gasteiger partial charge in [-0.3, -0.25) is 4.79 Å². The highest BCUT2D eigenvalue weighted by molar-refractivity contribution is 7.89. The molecule has 1 unspecified atom stereocenters. The van der Waals surface area contributed by atoms with Crippen molar-refractivity contribution in [1.82, 2.24) is 9.21 Å². The van der Waals surface area contributed by atoms with Crippen molar-refractivity contribution in [3.63, 3.8) is 0 Å². The number of carbonyl (C=O) groups is 1. The van der Waals surface area contributed by atoms with E-state index in [4.69, 9.17) is 4.74 Å². The van der Waals surface area contributed by atoms with Gasteiger partial charge in [0.1, 0.15) is 0 Å². The Morgan fingerprint density at radius 2 is 1.74 bits per heavy atom. The van der Waals surface area contributed by atoms with E-state index >= 15 is 0 Å². The quantitative estimate of drug-likeness (QED) is 0.808. The molecule has 4 rings (SSSR count). The molecule has 1 amide bonds. The van der Waals surface area contributed by atoms with Gasteiger partial charge in [0.05, 0.1) is 24.0 Å². The lowest BCUT2D eigenvalue weighted by atomic mass is 9.98. The van der Waals surface area contributed by atoms with E-state index in [1.54, 1.807) is 17.0 Å². The van der Waals surface area contributed by atoms with Crippen LogP contribution in [0.5, 0.6) is 0 Å². The van der Waals surface area contributed by atoms with Crippen LogP contribution in [-0.2, 0) is 19.6 Å². The number of hydrogen-bond acceptors (Lipinski definition) is 4. The second-order valence-corrected chi connectivity index (χ2v) is 9.09. The van der Waals surface area contributed by atoms with Crippen molar-refractivity contribution < 1.29 is 17.9 Å². The van der Waals surface area contributed by atoms with Gasteiger partial charge in [0, 0.05) is 26.2 Å². The lowest BCUT2D eigenvalue weighted by Gasteiger charge is -2.35. The summed E-state index contributed by atoms with van der Waals surface area (Å²) in [5, 5.41) is 1.91. The normalized spacial score (nSPS) is 22.1. The molecule has 2 fully saturated rings. The fraction of sp³-hybridized carbons (Fsp3) is 0.450. The van der Waals surface area contributed by atoms with Crippen LogP contribution in [0.2, 0.25) is 0 Å². The molecule has 0 bridgehead atoms. The third-order valence-electron chi connectivity index (χ3n) is 5.41. The van der Waals surface area contributed by atoms with E-state index in [2.05, 4.69) is 0 Å². The zero-order chi connectivity index (χ0) is 18.9. The first-order valence-corrected chi connectivity index (χ1v) is 10.9. The molecule has 2 aromatic carbocycles. The number of hydrogen-bond donors (Lipinski definition) is 0. The molecule has 2 saturated heterocycles. The van der Waals surface area contributed by atoms with Crippen molar-refractivity contribution in [2.75, 3.05) is 39.4 Å². The molecule has 2 aliphatic rings. The molecule has 1 atom stereocenters. The second-order valence-electron chi connectivity index (χ2n) is 7.15. The first-order valence-electron chi connectivity index (χ1n) is 9.41. The van der Waals surface area contributed by atoms with Crippen molar-refractivity contribution in [3.05, 3.63) is 42.5 Å².